The van der Waals surface area contributed by atoms with Crippen molar-refractivity contribution in [2.45, 2.75) is 29.5 Å². The fourth-order valence-electron chi connectivity index (χ4n) is 5.06. The Labute approximate surface area is 267 Å². The Hall–Kier alpha value is -5.05. The number of fused-ring (bicyclic) bond motifs is 1. The summed E-state index contributed by atoms with van der Waals surface area (Å²) in [7, 11) is 1.62. The number of aliphatic carboxylic acids is 1. The summed E-state index contributed by atoms with van der Waals surface area (Å²) in [4.78, 5) is 92.7. The maximum atomic E-state index is 13.8. The number of aromatic nitrogens is 4. The zero-order valence-electron chi connectivity index (χ0n) is 24.2. The van der Waals surface area contributed by atoms with Crippen molar-refractivity contribution in [3.63, 3.8) is 0 Å². The minimum Gasteiger partial charge on any atom is -0.508 e. The van der Waals surface area contributed by atoms with E-state index in [1.165, 1.54) is 57.4 Å². The number of urea groups is 1. The van der Waals surface area contributed by atoms with E-state index in [0.717, 1.165) is 4.90 Å². The van der Waals surface area contributed by atoms with Crippen LogP contribution in [0.15, 0.2) is 46.0 Å². The maximum absolute atomic E-state index is 13.8. The molecule has 2 fully saturated rings. The summed E-state index contributed by atoms with van der Waals surface area (Å²) in [6.45, 7) is 1.59. The van der Waals surface area contributed by atoms with Gasteiger partial charge in [-0.25, -0.2) is 14.3 Å². The largest absolute Gasteiger partial charge is 0.508 e. The summed E-state index contributed by atoms with van der Waals surface area (Å²) < 4.78 is 1.41. The normalized spacial score (nSPS) is 20.2. The molecule has 1 aromatic carbocycles. The van der Waals surface area contributed by atoms with Gasteiger partial charge < -0.3 is 20.4 Å². The van der Waals surface area contributed by atoms with Gasteiger partial charge in [-0.1, -0.05) is 23.9 Å². The lowest BCUT2D eigenvalue weighted by molar-refractivity contribution is -0.154. The van der Waals surface area contributed by atoms with E-state index in [4.69, 9.17) is 0 Å². The van der Waals surface area contributed by atoms with Crippen molar-refractivity contribution in [2.75, 3.05) is 31.1 Å². The number of nitrogens with one attached hydrogen (secondary N) is 1. The molecule has 0 unspecified atom stereocenters. The molecule has 1 aromatic heterocycles. The number of nitrogens with zero attached hydrogens (tertiary/aromatic N) is 9. The third-order valence-corrected chi connectivity index (χ3v) is 9.85. The van der Waals surface area contributed by atoms with Crippen LogP contribution in [0, 0.1) is 4.91 Å². The van der Waals surface area contributed by atoms with Crippen molar-refractivity contribution in [1.82, 2.24) is 45.2 Å². The second-order valence-electron chi connectivity index (χ2n) is 10.1. The third-order valence-electron chi connectivity index (χ3n) is 7.41. The number of carbonyl (C=O) groups excluding carboxylic acids is 5. The van der Waals surface area contributed by atoms with Crippen LogP contribution in [0.5, 0.6) is 5.75 Å². The van der Waals surface area contributed by atoms with Gasteiger partial charge in [0.05, 0.1) is 5.29 Å². The predicted octanol–water partition coefficient (Wildman–Crippen LogP) is -0.718. The number of benzene rings is 1. The molecule has 5 rings (SSSR count). The van der Waals surface area contributed by atoms with Crippen LogP contribution in [-0.2, 0) is 31.0 Å². The van der Waals surface area contributed by atoms with Crippen LogP contribution in [0.4, 0.5) is 4.79 Å². The topological polar surface area (TPSA) is 241 Å². The van der Waals surface area contributed by atoms with Crippen LogP contribution in [0.25, 0.3) is 0 Å². The molecule has 3 aliphatic heterocycles. The van der Waals surface area contributed by atoms with Crippen molar-refractivity contribution >= 4 is 59.2 Å². The first kappa shape index (κ1) is 32.3. The van der Waals surface area contributed by atoms with Gasteiger partial charge in [-0.2, -0.15) is 5.01 Å². The number of phenolic OH excluding ortho intramolecular Hbond substituents is 1. The van der Waals surface area contributed by atoms with Crippen LogP contribution in [-0.4, -0.2) is 128 Å². The van der Waals surface area contributed by atoms with Gasteiger partial charge in [0, 0.05) is 38.2 Å². The van der Waals surface area contributed by atoms with E-state index in [1.54, 1.807) is 14.0 Å². The fourth-order valence-corrected chi connectivity index (χ4v) is 7.39. The molecular formula is C25H26N10O9S2. The summed E-state index contributed by atoms with van der Waals surface area (Å²) in [6, 6.07) is 0.412. The maximum Gasteiger partial charge on any atom is 0.352 e. The number of imide groups is 1. The van der Waals surface area contributed by atoms with Crippen LogP contribution in [0.3, 0.4) is 0 Å². The van der Waals surface area contributed by atoms with Gasteiger partial charge in [0.1, 0.15) is 22.9 Å². The zero-order valence-corrected chi connectivity index (χ0v) is 25.8. The van der Waals surface area contributed by atoms with E-state index in [9.17, 15) is 43.9 Å². The molecule has 0 saturated carbocycles. The summed E-state index contributed by atoms with van der Waals surface area (Å²) in [5.41, 5.74) is 0.182. The molecule has 3 atom stereocenters. The highest BCUT2D eigenvalue weighted by atomic mass is 32.2. The molecule has 21 heteroatoms. The summed E-state index contributed by atoms with van der Waals surface area (Å²) in [5, 5.41) is 35.9. The lowest BCUT2D eigenvalue weighted by atomic mass is 10.0. The van der Waals surface area contributed by atoms with Crippen molar-refractivity contribution in [2.24, 2.45) is 12.3 Å². The number of β-lactam (4-membered cyclic amide) rings is 1. The lowest BCUT2D eigenvalue weighted by Gasteiger charge is -2.49. The number of hydrogen-bond donors (Lipinski definition) is 3. The Balaban J connectivity index is 1.37. The number of aromatic hydroxyl groups is 1. The van der Waals surface area contributed by atoms with Crippen molar-refractivity contribution < 1.29 is 39.0 Å². The first-order valence-electron chi connectivity index (χ1n) is 13.6. The highest BCUT2D eigenvalue weighted by Crippen LogP contribution is 2.42. The standard InChI is InChI=1S/C25H26N10O9S2/c1-3-32-8-9-33(21(40)20(32)39)25(43)35(30-44)16(12-4-6-14(36)7-5-12)18(37)26-15-19(38)34-17(23(41)42)13(10-45-22(15)34)11-46-24-27-28-29-31(24)2/h4-7,15-16,22,36H,3,8-11H2,1-2H3,(H,26,37)(H,41,42)/t15-,16-,22-/m1/s1. The summed E-state index contributed by atoms with van der Waals surface area (Å²) >= 11 is 2.38. The van der Waals surface area contributed by atoms with E-state index in [-0.39, 0.29) is 53.2 Å². The quantitative estimate of drug-likeness (QED) is 0.0927. The molecule has 0 spiro atoms. The Morgan fingerprint density at radius 2 is 1.89 bits per heavy atom. The van der Waals surface area contributed by atoms with E-state index in [2.05, 4.69) is 26.1 Å². The molecular weight excluding hydrogens is 648 g/mol. The number of phenols is 1. The van der Waals surface area contributed by atoms with Gasteiger partial charge in [0.15, 0.2) is 6.04 Å². The van der Waals surface area contributed by atoms with Crippen LogP contribution in [0.2, 0.25) is 0 Å². The number of carboxylic acids is 1. The number of hydrogen-bond acceptors (Lipinski definition) is 14. The molecule has 0 bridgehead atoms. The van der Waals surface area contributed by atoms with E-state index >= 15 is 0 Å². The second kappa shape index (κ2) is 13.1. The third kappa shape index (κ3) is 5.85. The van der Waals surface area contributed by atoms with Gasteiger partial charge in [-0.3, -0.25) is 29.0 Å². The van der Waals surface area contributed by atoms with E-state index < -0.39 is 53.1 Å². The van der Waals surface area contributed by atoms with Gasteiger partial charge >= 0.3 is 23.8 Å². The Bertz CT molecular complexity index is 1650. The molecule has 3 N–H and O–H groups in total. The fraction of sp³-hybridized carbons (Fsp3) is 0.400. The highest BCUT2D eigenvalue weighted by Gasteiger charge is 2.55. The highest BCUT2D eigenvalue weighted by molar-refractivity contribution is 8.01. The predicted molar refractivity (Wildman–Crippen MR) is 157 cm³/mol. The molecule has 46 heavy (non-hydrogen) atoms. The number of amides is 6. The minimum absolute atomic E-state index is 0.00367. The first-order chi connectivity index (χ1) is 22.0. The SMILES string of the molecule is CCN1CCN(C(=O)N(N=O)[C@@H](C(=O)N[C@@H]2C(=O)N3C(C(=O)O)=C(CSc4nnnn4C)CS[C@H]23)c2ccc(O)cc2)C(=O)C1=O. The smallest absolute Gasteiger partial charge is 0.352 e. The van der Waals surface area contributed by atoms with Crippen LogP contribution >= 0.6 is 23.5 Å². The summed E-state index contributed by atoms with van der Waals surface area (Å²) in [5.74, 6) is -5.15. The van der Waals surface area contributed by atoms with E-state index in [1.807, 2.05) is 0 Å². The van der Waals surface area contributed by atoms with Crippen LogP contribution < -0.4 is 5.32 Å². The molecule has 3 aliphatic rings. The molecule has 0 aliphatic carbocycles. The molecule has 4 heterocycles. The van der Waals surface area contributed by atoms with Gasteiger partial charge in [0.25, 0.3) is 11.8 Å². The summed E-state index contributed by atoms with van der Waals surface area (Å²) in [6.07, 6.45) is 0. The Morgan fingerprint density at radius 1 is 1.17 bits per heavy atom. The first-order valence-corrected chi connectivity index (χ1v) is 15.6. The number of aryl methyl sites for hydroxylation is 1. The van der Waals surface area contributed by atoms with Crippen molar-refractivity contribution in [3.05, 3.63) is 46.0 Å². The Kier molecular flexibility index (Phi) is 9.23. The molecule has 0 radical (unpaired) electrons. The Morgan fingerprint density at radius 3 is 2.50 bits per heavy atom. The van der Waals surface area contributed by atoms with Crippen LogP contribution in [0.1, 0.15) is 18.5 Å². The zero-order chi connectivity index (χ0) is 33.3. The number of tetrazole rings is 1. The van der Waals surface area contributed by atoms with Crippen molar-refractivity contribution in [3.8, 4) is 5.75 Å². The van der Waals surface area contributed by atoms with Gasteiger partial charge in [-0.05, 0) is 40.6 Å². The van der Waals surface area contributed by atoms with Crippen molar-refractivity contribution in [1.29, 1.82) is 0 Å². The molecule has 19 nitrogen and oxygen atoms in total. The van der Waals surface area contributed by atoms with E-state index in [0.29, 0.717) is 15.6 Å². The van der Waals surface area contributed by atoms with Gasteiger partial charge in [-0.15, -0.1) is 21.8 Å². The molecule has 2 saturated heterocycles. The number of thioether (sulfide) groups is 2. The molecule has 242 valence electrons. The molecule has 6 amide bonds. The minimum atomic E-state index is -1.84. The number of carboxylic acid groups (broad SMARTS) is 1. The average molecular weight is 675 g/mol. The number of rotatable bonds is 10. The number of nitroso groups, excluding NO2 is 1. The number of piperazine rings is 1. The van der Waals surface area contributed by atoms with Gasteiger partial charge in [0.2, 0.25) is 5.16 Å². The average Bonchev–Trinajstić information content (AvgIpc) is 3.46. The number of likely N-dealkylation sites (N-methyl/N-ethyl adjacent to an activating group) is 1. The number of carbonyl (C=O) groups is 6. The lowest BCUT2D eigenvalue weighted by Crippen LogP contribution is -2.71. The monoisotopic (exact) mass is 674 g/mol. The second-order valence-corrected chi connectivity index (χ2v) is 12.1. The molecule has 2 aromatic rings.